The number of hydrogen-bond donors (Lipinski definition) is 1. The van der Waals surface area contributed by atoms with Crippen LogP contribution in [-0.2, 0) is 4.74 Å². The molecular formula is C21H24O4. The Bertz CT molecular complexity index is 855. The molecule has 2 aromatic carbocycles. The van der Waals surface area contributed by atoms with E-state index in [9.17, 15) is 9.90 Å². The fourth-order valence-electron chi connectivity index (χ4n) is 4.67. The Kier molecular flexibility index (Phi) is 3.86. The fraction of sp³-hybridized carbons (Fsp3) is 0.476. The molecule has 4 rings (SSSR count). The van der Waals surface area contributed by atoms with Gasteiger partial charge in [-0.05, 0) is 50.0 Å². The van der Waals surface area contributed by atoms with E-state index in [4.69, 9.17) is 9.47 Å². The van der Waals surface area contributed by atoms with Crippen LogP contribution in [0.4, 0.5) is 4.79 Å². The van der Waals surface area contributed by atoms with Crippen molar-refractivity contribution in [3.05, 3.63) is 34.9 Å². The first-order valence-corrected chi connectivity index (χ1v) is 9.14. The number of aromatic hydroxyl groups is 1. The summed E-state index contributed by atoms with van der Waals surface area (Å²) in [4.78, 5) is 12.1. The van der Waals surface area contributed by atoms with Gasteiger partial charge in [-0.3, -0.25) is 0 Å². The van der Waals surface area contributed by atoms with Gasteiger partial charge in [0.1, 0.15) is 11.5 Å². The standard InChI is InChI=1S/C21H24O4/c1-4-7-24-21(23)25-20-16-8-11(2)5-6-14(16)19(22)18-15-10-13(17(18)20)9-12(15)3/h5-6,8,12-13,15,22H,4,7,9-10H2,1-3H3. The molecule has 132 valence electrons. The molecule has 0 spiro atoms. The zero-order chi connectivity index (χ0) is 17.7. The molecule has 0 amide bonds. The van der Waals surface area contributed by atoms with Gasteiger partial charge in [0.15, 0.2) is 0 Å². The van der Waals surface area contributed by atoms with Crippen LogP contribution in [0.25, 0.3) is 10.8 Å². The van der Waals surface area contributed by atoms with E-state index in [1.165, 1.54) is 0 Å². The molecule has 0 heterocycles. The Morgan fingerprint density at radius 3 is 2.80 bits per heavy atom. The summed E-state index contributed by atoms with van der Waals surface area (Å²) in [7, 11) is 0. The minimum atomic E-state index is -0.659. The van der Waals surface area contributed by atoms with Crippen molar-refractivity contribution in [3.8, 4) is 11.5 Å². The third-order valence-electron chi connectivity index (χ3n) is 5.73. The molecule has 1 N–H and O–H groups in total. The van der Waals surface area contributed by atoms with Crippen molar-refractivity contribution in [1.29, 1.82) is 0 Å². The number of ether oxygens (including phenoxy) is 2. The number of phenols is 1. The van der Waals surface area contributed by atoms with Gasteiger partial charge in [-0.15, -0.1) is 0 Å². The van der Waals surface area contributed by atoms with Gasteiger partial charge in [-0.2, -0.15) is 0 Å². The van der Waals surface area contributed by atoms with Crippen molar-refractivity contribution in [2.45, 2.75) is 51.9 Å². The molecule has 1 saturated carbocycles. The van der Waals surface area contributed by atoms with Gasteiger partial charge in [0.05, 0.1) is 6.61 Å². The average Bonchev–Trinajstić information content (AvgIpc) is 3.13. The number of rotatable bonds is 3. The van der Waals surface area contributed by atoms with Gasteiger partial charge >= 0.3 is 6.16 Å². The predicted molar refractivity (Wildman–Crippen MR) is 96.5 cm³/mol. The monoisotopic (exact) mass is 340 g/mol. The summed E-state index contributed by atoms with van der Waals surface area (Å²) in [6.07, 6.45) is 2.20. The van der Waals surface area contributed by atoms with E-state index < -0.39 is 6.16 Å². The van der Waals surface area contributed by atoms with Gasteiger partial charge in [0, 0.05) is 21.9 Å². The number of aryl methyl sites for hydroxylation is 1. The molecule has 3 atom stereocenters. The van der Waals surface area contributed by atoms with E-state index in [0.29, 0.717) is 35.9 Å². The lowest BCUT2D eigenvalue weighted by Gasteiger charge is -2.25. The Morgan fingerprint density at radius 1 is 1.24 bits per heavy atom. The van der Waals surface area contributed by atoms with Crippen molar-refractivity contribution < 1.29 is 19.4 Å². The van der Waals surface area contributed by atoms with Gasteiger partial charge in [-0.25, -0.2) is 4.79 Å². The molecule has 4 heteroatoms. The summed E-state index contributed by atoms with van der Waals surface area (Å²) in [5.74, 6) is 2.19. The molecule has 2 aromatic rings. The zero-order valence-electron chi connectivity index (χ0n) is 15.0. The van der Waals surface area contributed by atoms with Crippen LogP contribution in [0.1, 0.15) is 61.6 Å². The van der Waals surface area contributed by atoms with E-state index in [-0.39, 0.29) is 0 Å². The first kappa shape index (κ1) is 16.2. The maximum atomic E-state index is 12.1. The highest BCUT2D eigenvalue weighted by molar-refractivity contribution is 5.98. The van der Waals surface area contributed by atoms with Gasteiger partial charge < -0.3 is 14.6 Å². The number of benzene rings is 2. The van der Waals surface area contributed by atoms with Gasteiger partial charge in [-0.1, -0.05) is 31.5 Å². The predicted octanol–water partition coefficient (Wildman–Crippen LogP) is 5.39. The summed E-state index contributed by atoms with van der Waals surface area (Å²) in [5.41, 5.74) is 3.07. The normalized spacial score (nSPS) is 23.7. The third-order valence-corrected chi connectivity index (χ3v) is 5.73. The maximum absolute atomic E-state index is 12.1. The molecule has 0 aromatic heterocycles. The Balaban J connectivity index is 1.91. The lowest BCUT2D eigenvalue weighted by atomic mass is 9.82. The van der Waals surface area contributed by atoms with E-state index >= 15 is 0 Å². The van der Waals surface area contributed by atoms with Crippen LogP contribution >= 0.6 is 0 Å². The zero-order valence-corrected chi connectivity index (χ0v) is 15.0. The number of carbonyl (C=O) groups is 1. The molecule has 1 fully saturated rings. The van der Waals surface area contributed by atoms with Crippen LogP contribution in [0.2, 0.25) is 0 Å². The largest absolute Gasteiger partial charge is 0.513 e. The highest BCUT2D eigenvalue weighted by atomic mass is 16.7. The molecule has 0 radical (unpaired) electrons. The SMILES string of the molecule is CCCOC(=O)Oc1c2c(c(O)c3ccc(C)cc13)C1CC2CC1C. The number of carbonyl (C=O) groups excluding carboxylic acids is 1. The summed E-state index contributed by atoms with van der Waals surface area (Å²) in [6.45, 7) is 6.53. The van der Waals surface area contributed by atoms with Crippen molar-refractivity contribution in [2.75, 3.05) is 6.61 Å². The quantitative estimate of drug-likeness (QED) is 0.601. The van der Waals surface area contributed by atoms with E-state index in [2.05, 4.69) is 6.92 Å². The van der Waals surface area contributed by atoms with Gasteiger partial charge in [0.2, 0.25) is 0 Å². The van der Waals surface area contributed by atoms with E-state index in [1.807, 2.05) is 32.0 Å². The van der Waals surface area contributed by atoms with E-state index in [1.54, 1.807) is 0 Å². The topological polar surface area (TPSA) is 55.8 Å². The Morgan fingerprint density at radius 2 is 2.04 bits per heavy atom. The van der Waals surface area contributed by atoms with Crippen molar-refractivity contribution >= 4 is 16.9 Å². The Hall–Kier alpha value is -2.23. The second-order valence-corrected chi connectivity index (χ2v) is 7.51. The number of fused-ring (bicyclic) bond motifs is 6. The van der Waals surface area contributed by atoms with Crippen LogP contribution in [0.5, 0.6) is 11.5 Å². The van der Waals surface area contributed by atoms with Crippen LogP contribution < -0.4 is 4.74 Å². The Labute approximate surface area is 147 Å². The van der Waals surface area contributed by atoms with Crippen molar-refractivity contribution in [3.63, 3.8) is 0 Å². The third kappa shape index (κ3) is 2.46. The summed E-state index contributed by atoms with van der Waals surface area (Å²) in [5, 5.41) is 12.5. The smallest absolute Gasteiger partial charge is 0.507 e. The van der Waals surface area contributed by atoms with Gasteiger partial charge in [0.25, 0.3) is 0 Å². The second-order valence-electron chi connectivity index (χ2n) is 7.51. The first-order chi connectivity index (χ1) is 12.0. The van der Waals surface area contributed by atoms with Crippen molar-refractivity contribution in [2.24, 2.45) is 5.92 Å². The summed E-state index contributed by atoms with van der Waals surface area (Å²) >= 11 is 0. The molecule has 4 nitrogen and oxygen atoms in total. The lowest BCUT2D eigenvalue weighted by Crippen LogP contribution is -2.15. The molecule has 25 heavy (non-hydrogen) atoms. The summed E-state index contributed by atoms with van der Waals surface area (Å²) in [6, 6.07) is 5.87. The minimum Gasteiger partial charge on any atom is -0.507 e. The van der Waals surface area contributed by atoms with Crippen LogP contribution in [0.3, 0.4) is 0 Å². The average molecular weight is 340 g/mol. The van der Waals surface area contributed by atoms with Crippen LogP contribution in [-0.4, -0.2) is 17.9 Å². The molecule has 2 aliphatic rings. The molecule has 2 aliphatic carbocycles. The second kappa shape index (κ2) is 5.94. The fourth-order valence-corrected chi connectivity index (χ4v) is 4.67. The van der Waals surface area contributed by atoms with E-state index in [0.717, 1.165) is 46.7 Å². The van der Waals surface area contributed by atoms with Crippen LogP contribution in [0, 0.1) is 12.8 Å². The molecule has 0 aliphatic heterocycles. The lowest BCUT2D eigenvalue weighted by molar-refractivity contribution is 0.0991. The van der Waals surface area contributed by atoms with Crippen molar-refractivity contribution in [1.82, 2.24) is 0 Å². The minimum absolute atomic E-state index is 0.346. The molecular weight excluding hydrogens is 316 g/mol. The van der Waals surface area contributed by atoms with Crippen LogP contribution in [0.15, 0.2) is 18.2 Å². The summed E-state index contributed by atoms with van der Waals surface area (Å²) < 4.78 is 10.8. The number of phenolic OH excluding ortho intramolecular Hbond substituents is 1. The molecule has 3 unspecified atom stereocenters. The highest BCUT2D eigenvalue weighted by Crippen LogP contribution is 2.62. The molecule has 0 saturated heterocycles. The first-order valence-electron chi connectivity index (χ1n) is 9.14. The number of hydrogen-bond acceptors (Lipinski definition) is 4. The highest BCUT2D eigenvalue weighted by Gasteiger charge is 2.46. The maximum Gasteiger partial charge on any atom is 0.513 e. The molecule has 2 bridgehead atoms.